The molecule has 0 unspecified atom stereocenters. The molecule has 0 atom stereocenters. The summed E-state index contributed by atoms with van der Waals surface area (Å²) in [7, 11) is -3.56. The molecule has 1 aromatic carbocycles. The number of rotatable bonds is 7. The molecule has 1 aliphatic rings. The normalized spacial score (nSPS) is 16.6. The Labute approximate surface area is 167 Å². The van der Waals surface area contributed by atoms with E-state index in [4.69, 9.17) is 4.74 Å². The minimum absolute atomic E-state index is 0.154. The fourth-order valence-electron chi connectivity index (χ4n) is 2.85. The molecule has 0 bridgehead atoms. The van der Waals surface area contributed by atoms with Crippen molar-refractivity contribution in [2.24, 2.45) is 5.92 Å². The Kier molecular flexibility index (Phi) is 7.22. The van der Waals surface area contributed by atoms with Crippen LogP contribution in [0, 0.1) is 5.92 Å². The van der Waals surface area contributed by atoms with Crippen LogP contribution in [0.1, 0.15) is 57.3 Å². The first-order valence-corrected chi connectivity index (χ1v) is 11.1. The van der Waals surface area contributed by atoms with Gasteiger partial charge in [0.05, 0.1) is 10.5 Å². The lowest BCUT2D eigenvalue weighted by Crippen LogP contribution is -2.44. The van der Waals surface area contributed by atoms with Crippen LogP contribution in [0.4, 0.5) is 0 Å². The van der Waals surface area contributed by atoms with Gasteiger partial charge in [-0.15, -0.1) is 0 Å². The third kappa shape index (κ3) is 5.78. The summed E-state index contributed by atoms with van der Waals surface area (Å²) in [6, 6.07) is 5.64. The standard InChI is InChI=1S/C20H30N2O5S/c1-5-20(3,4)21-18(23)14-27-19(24)16-6-8-17(9-7-16)28(25,26)22-12-10-15(2)11-13-22/h6-9,15H,5,10-14H2,1-4H3,(H,21,23). The Morgan fingerprint density at radius 1 is 1.18 bits per heavy atom. The first-order valence-electron chi connectivity index (χ1n) is 9.63. The van der Waals surface area contributed by atoms with Crippen LogP contribution < -0.4 is 5.32 Å². The van der Waals surface area contributed by atoms with Gasteiger partial charge in [0.15, 0.2) is 6.61 Å². The predicted octanol–water partition coefficient (Wildman–Crippen LogP) is 2.57. The lowest BCUT2D eigenvalue weighted by Gasteiger charge is -2.29. The average molecular weight is 411 g/mol. The van der Waals surface area contributed by atoms with Gasteiger partial charge in [-0.2, -0.15) is 4.31 Å². The van der Waals surface area contributed by atoms with Crippen LogP contribution in [-0.4, -0.2) is 49.8 Å². The molecule has 1 amide bonds. The van der Waals surface area contributed by atoms with Gasteiger partial charge in [0, 0.05) is 18.6 Å². The van der Waals surface area contributed by atoms with Gasteiger partial charge in [-0.05, 0) is 63.3 Å². The van der Waals surface area contributed by atoms with Crippen LogP contribution in [0.15, 0.2) is 29.2 Å². The molecule has 1 N–H and O–H groups in total. The van der Waals surface area contributed by atoms with Crippen molar-refractivity contribution in [1.82, 2.24) is 9.62 Å². The van der Waals surface area contributed by atoms with E-state index in [1.54, 1.807) is 0 Å². The summed E-state index contributed by atoms with van der Waals surface area (Å²) in [4.78, 5) is 24.1. The molecule has 1 fully saturated rings. The largest absolute Gasteiger partial charge is 0.452 e. The third-order valence-electron chi connectivity index (χ3n) is 5.17. The lowest BCUT2D eigenvalue weighted by atomic mass is 10.0. The lowest BCUT2D eigenvalue weighted by molar-refractivity contribution is -0.125. The summed E-state index contributed by atoms with van der Waals surface area (Å²) in [6.07, 6.45) is 2.44. The number of benzene rings is 1. The predicted molar refractivity (Wildman–Crippen MR) is 106 cm³/mol. The summed E-state index contributed by atoms with van der Waals surface area (Å²) >= 11 is 0. The average Bonchev–Trinajstić information content (AvgIpc) is 2.66. The second kappa shape index (κ2) is 9.05. The highest BCUT2D eigenvalue weighted by molar-refractivity contribution is 7.89. The van der Waals surface area contributed by atoms with Gasteiger partial charge in [-0.3, -0.25) is 4.79 Å². The topological polar surface area (TPSA) is 92.8 Å². The molecular weight excluding hydrogens is 380 g/mol. The molecule has 1 saturated heterocycles. The zero-order valence-electron chi connectivity index (χ0n) is 17.0. The molecule has 0 radical (unpaired) electrons. The molecule has 0 aliphatic carbocycles. The van der Waals surface area contributed by atoms with E-state index in [0.717, 1.165) is 19.3 Å². The van der Waals surface area contributed by atoms with E-state index in [0.29, 0.717) is 19.0 Å². The van der Waals surface area contributed by atoms with Crippen LogP contribution in [0.25, 0.3) is 0 Å². The zero-order valence-corrected chi connectivity index (χ0v) is 17.8. The maximum absolute atomic E-state index is 12.7. The van der Waals surface area contributed by atoms with E-state index in [1.807, 2.05) is 20.8 Å². The van der Waals surface area contributed by atoms with Gasteiger partial charge < -0.3 is 10.1 Å². The number of sulfonamides is 1. The summed E-state index contributed by atoms with van der Waals surface area (Å²) < 4.78 is 31.9. The van der Waals surface area contributed by atoms with Crippen molar-refractivity contribution < 1.29 is 22.7 Å². The Morgan fingerprint density at radius 3 is 2.29 bits per heavy atom. The molecule has 28 heavy (non-hydrogen) atoms. The number of hydrogen-bond acceptors (Lipinski definition) is 5. The molecule has 2 rings (SSSR count). The van der Waals surface area contributed by atoms with Gasteiger partial charge in [0.25, 0.3) is 5.91 Å². The van der Waals surface area contributed by atoms with Crippen LogP contribution in [0.5, 0.6) is 0 Å². The summed E-state index contributed by atoms with van der Waals surface area (Å²) in [5.74, 6) is -0.511. The summed E-state index contributed by atoms with van der Waals surface area (Å²) in [5.41, 5.74) is -0.167. The van der Waals surface area contributed by atoms with Crippen LogP contribution in [0.2, 0.25) is 0 Å². The van der Waals surface area contributed by atoms with Gasteiger partial charge >= 0.3 is 5.97 Å². The van der Waals surface area contributed by atoms with Crippen molar-refractivity contribution in [3.05, 3.63) is 29.8 Å². The molecule has 8 heteroatoms. The zero-order chi connectivity index (χ0) is 20.9. The molecule has 156 valence electrons. The van der Waals surface area contributed by atoms with E-state index < -0.39 is 16.0 Å². The number of carbonyl (C=O) groups is 2. The van der Waals surface area contributed by atoms with Gasteiger partial charge in [0.1, 0.15) is 0 Å². The molecule has 0 saturated carbocycles. The minimum atomic E-state index is -3.56. The number of ether oxygens (including phenoxy) is 1. The monoisotopic (exact) mass is 410 g/mol. The fourth-order valence-corrected chi connectivity index (χ4v) is 4.32. The van der Waals surface area contributed by atoms with Crippen molar-refractivity contribution in [2.75, 3.05) is 19.7 Å². The summed E-state index contributed by atoms with van der Waals surface area (Å²) in [5, 5.41) is 2.78. The fraction of sp³-hybridized carbons (Fsp3) is 0.600. The number of carbonyl (C=O) groups excluding carboxylic acids is 2. The molecule has 0 spiro atoms. The molecule has 1 aromatic rings. The number of piperidine rings is 1. The van der Waals surface area contributed by atoms with E-state index in [-0.39, 0.29) is 28.5 Å². The molecule has 7 nitrogen and oxygen atoms in total. The van der Waals surface area contributed by atoms with Crippen molar-refractivity contribution >= 4 is 21.9 Å². The number of nitrogens with zero attached hydrogens (tertiary/aromatic N) is 1. The van der Waals surface area contributed by atoms with E-state index in [9.17, 15) is 18.0 Å². The van der Waals surface area contributed by atoms with Crippen molar-refractivity contribution in [1.29, 1.82) is 0 Å². The van der Waals surface area contributed by atoms with Crippen molar-refractivity contribution in [2.45, 2.75) is 57.4 Å². The number of hydrogen-bond donors (Lipinski definition) is 1. The van der Waals surface area contributed by atoms with Gasteiger partial charge in [0.2, 0.25) is 10.0 Å². The highest BCUT2D eigenvalue weighted by Gasteiger charge is 2.28. The van der Waals surface area contributed by atoms with Crippen molar-refractivity contribution in [3.8, 4) is 0 Å². The molecule has 0 aromatic heterocycles. The maximum Gasteiger partial charge on any atom is 0.338 e. The quantitative estimate of drug-likeness (QED) is 0.698. The van der Waals surface area contributed by atoms with E-state index in [1.165, 1.54) is 28.6 Å². The second-order valence-corrected chi connectivity index (χ2v) is 9.91. The van der Waals surface area contributed by atoms with Crippen LogP contribution >= 0.6 is 0 Å². The molecule has 1 heterocycles. The van der Waals surface area contributed by atoms with E-state index in [2.05, 4.69) is 12.2 Å². The van der Waals surface area contributed by atoms with Crippen molar-refractivity contribution in [3.63, 3.8) is 0 Å². The SMILES string of the molecule is CCC(C)(C)NC(=O)COC(=O)c1ccc(S(=O)(=O)N2CCC(C)CC2)cc1. The Balaban J connectivity index is 1.96. The smallest absolute Gasteiger partial charge is 0.338 e. The Hall–Kier alpha value is -1.93. The number of esters is 1. The van der Waals surface area contributed by atoms with Crippen LogP contribution in [-0.2, 0) is 19.6 Å². The first kappa shape index (κ1) is 22.4. The maximum atomic E-state index is 12.7. The highest BCUT2D eigenvalue weighted by Crippen LogP contribution is 2.23. The van der Waals surface area contributed by atoms with Crippen LogP contribution in [0.3, 0.4) is 0 Å². The van der Waals surface area contributed by atoms with E-state index >= 15 is 0 Å². The highest BCUT2D eigenvalue weighted by atomic mass is 32.2. The van der Waals surface area contributed by atoms with Gasteiger partial charge in [-0.25, -0.2) is 13.2 Å². The molecular formula is C20H30N2O5S. The Morgan fingerprint density at radius 2 is 1.75 bits per heavy atom. The third-order valence-corrected chi connectivity index (χ3v) is 7.08. The molecule has 1 aliphatic heterocycles. The minimum Gasteiger partial charge on any atom is -0.452 e. The summed E-state index contributed by atoms with van der Waals surface area (Å²) in [6.45, 7) is 8.48. The first-order chi connectivity index (χ1) is 13.0. The Bertz CT molecular complexity index is 794. The number of amides is 1. The second-order valence-electron chi connectivity index (χ2n) is 7.97. The van der Waals surface area contributed by atoms with Gasteiger partial charge in [-0.1, -0.05) is 13.8 Å². The number of nitrogens with one attached hydrogen (secondary N) is 1.